The van der Waals surface area contributed by atoms with Crippen molar-refractivity contribution in [2.45, 2.75) is 83.9 Å². The van der Waals surface area contributed by atoms with Crippen LogP contribution in [0.5, 0.6) is 5.75 Å². The van der Waals surface area contributed by atoms with Crippen LogP contribution in [0.1, 0.15) is 87.4 Å². The van der Waals surface area contributed by atoms with E-state index in [-0.39, 0.29) is 42.4 Å². The van der Waals surface area contributed by atoms with Gasteiger partial charge in [0.2, 0.25) is 11.8 Å². The molecule has 1 aliphatic carbocycles. The zero-order valence-corrected chi connectivity index (χ0v) is 24.7. The first kappa shape index (κ1) is 30.2. The minimum absolute atomic E-state index is 0.0146. The predicted molar refractivity (Wildman–Crippen MR) is 148 cm³/mol. The molecular formula is C29H36ClF2N5O5. The minimum atomic E-state index is -2.80. The van der Waals surface area contributed by atoms with E-state index in [0.29, 0.717) is 55.0 Å². The largest absolute Gasteiger partial charge is 0.487 e. The Morgan fingerprint density at radius 1 is 1.24 bits per heavy atom. The second-order valence-electron chi connectivity index (χ2n) is 11.8. The van der Waals surface area contributed by atoms with Gasteiger partial charge in [-0.3, -0.25) is 14.4 Å². The number of halogens is 3. The van der Waals surface area contributed by atoms with Gasteiger partial charge in [0.1, 0.15) is 23.7 Å². The van der Waals surface area contributed by atoms with Crippen LogP contribution >= 0.6 is 11.6 Å². The molecule has 2 aromatic rings. The third-order valence-electron chi connectivity index (χ3n) is 9.36. The van der Waals surface area contributed by atoms with Crippen LogP contribution in [0.25, 0.3) is 0 Å². The van der Waals surface area contributed by atoms with Gasteiger partial charge in [0.15, 0.2) is 0 Å². The van der Waals surface area contributed by atoms with E-state index < -0.39 is 29.8 Å². The van der Waals surface area contributed by atoms with Gasteiger partial charge in [-0.15, -0.1) is 5.10 Å². The third-order valence-corrected chi connectivity index (χ3v) is 9.72. The maximum atomic E-state index is 14.3. The van der Waals surface area contributed by atoms with Crippen LogP contribution in [-0.2, 0) is 34.5 Å². The van der Waals surface area contributed by atoms with Crippen molar-refractivity contribution in [3.63, 3.8) is 0 Å². The highest BCUT2D eigenvalue weighted by Crippen LogP contribution is 2.46. The quantitative estimate of drug-likeness (QED) is 0.462. The number of nitrogens with zero attached hydrogens (tertiary/aromatic N) is 5. The Balaban J connectivity index is 1.55. The number of carbonyl (C=O) groups excluding carboxylic acids is 2. The van der Waals surface area contributed by atoms with Crippen molar-refractivity contribution >= 4 is 29.4 Å². The van der Waals surface area contributed by atoms with Gasteiger partial charge in [0, 0.05) is 43.2 Å². The van der Waals surface area contributed by atoms with Gasteiger partial charge < -0.3 is 19.6 Å². The van der Waals surface area contributed by atoms with Gasteiger partial charge in [-0.05, 0) is 57.2 Å². The molecule has 1 saturated heterocycles. The van der Waals surface area contributed by atoms with Crippen LogP contribution in [0, 0.1) is 11.3 Å². The Kier molecular flexibility index (Phi) is 8.46. The number of ether oxygens (including phenoxy) is 1. The summed E-state index contributed by atoms with van der Waals surface area (Å²) in [7, 11) is 1.38. The highest BCUT2D eigenvalue weighted by molar-refractivity contribution is 6.31. The molecule has 10 nitrogen and oxygen atoms in total. The summed E-state index contributed by atoms with van der Waals surface area (Å²) in [5.41, 5.74) is -0.223. The molecular weight excluding hydrogens is 572 g/mol. The van der Waals surface area contributed by atoms with E-state index in [1.54, 1.807) is 28.9 Å². The smallest absolute Gasteiger partial charge is 0.310 e. The van der Waals surface area contributed by atoms with E-state index in [2.05, 4.69) is 10.3 Å². The number of aromatic nitrogens is 3. The number of benzene rings is 1. The zero-order valence-electron chi connectivity index (χ0n) is 24.0. The maximum absolute atomic E-state index is 14.3. The fraction of sp³-hybridized carbons (Fsp3) is 0.621. The molecule has 228 valence electrons. The summed E-state index contributed by atoms with van der Waals surface area (Å²) in [5, 5.41) is 18.2. The molecule has 3 aliphatic rings. The van der Waals surface area contributed by atoms with Crippen LogP contribution in [0.15, 0.2) is 12.1 Å². The minimum Gasteiger partial charge on any atom is -0.487 e. The van der Waals surface area contributed by atoms with Crippen LogP contribution in [-0.4, -0.2) is 66.8 Å². The Hall–Kier alpha value is -3.28. The molecule has 1 aromatic carbocycles. The van der Waals surface area contributed by atoms with Crippen LogP contribution in [0.4, 0.5) is 8.78 Å². The number of carbonyl (C=O) groups is 3. The predicted octanol–water partition coefficient (Wildman–Crippen LogP) is 4.70. The number of aryl methyl sites for hydroxylation is 1. The SMILES string of the molecule is CC1CCC(=O)N1C[C@@H]1c2c(OCc3nnn(C)c3C(F)F)ccc(Cl)c2CCN1C(=O)C1CCCC[C@@]1(C)C(=O)O. The lowest BCUT2D eigenvalue weighted by Crippen LogP contribution is -2.53. The molecule has 2 amide bonds. The number of aliphatic carboxylic acids is 1. The molecule has 2 aliphatic heterocycles. The van der Waals surface area contributed by atoms with Crippen LogP contribution in [0.2, 0.25) is 5.02 Å². The lowest BCUT2D eigenvalue weighted by molar-refractivity contribution is -0.162. The first-order valence-corrected chi connectivity index (χ1v) is 14.8. The molecule has 2 fully saturated rings. The standard InChI is InChI=1S/C29H36ClF2N5O5/c1-16-7-10-23(38)37(16)14-21-24-17(11-13-36(21)27(39)18-6-4-5-12-29(18,2)28(40)41)19(30)8-9-22(24)42-15-20-25(26(31)32)35(3)34-33-20/h8-9,16,18,21,26H,4-7,10-15H2,1-3H3,(H,40,41)/t16?,18?,21-,29-/m1/s1. The third kappa shape index (κ3) is 5.33. The first-order valence-electron chi connectivity index (χ1n) is 14.4. The lowest BCUT2D eigenvalue weighted by atomic mass is 9.66. The molecule has 42 heavy (non-hydrogen) atoms. The number of carboxylic acid groups (broad SMARTS) is 1. The average molecular weight is 608 g/mol. The molecule has 0 radical (unpaired) electrons. The zero-order chi connectivity index (χ0) is 30.3. The number of hydrogen-bond donors (Lipinski definition) is 1. The summed E-state index contributed by atoms with van der Waals surface area (Å²) in [4.78, 5) is 43.0. The molecule has 4 atom stereocenters. The number of likely N-dealkylation sites (tertiary alicyclic amines) is 1. The van der Waals surface area contributed by atoms with E-state index >= 15 is 0 Å². The van der Waals surface area contributed by atoms with Crippen molar-refractivity contribution in [1.82, 2.24) is 24.8 Å². The summed E-state index contributed by atoms with van der Waals surface area (Å²) in [6, 6.07) is 2.59. The molecule has 1 N–H and O–H groups in total. The fourth-order valence-electron chi connectivity index (χ4n) is 6.81. The van der Waals surface area contributed by atoms with Gasteiger partial charge in [-0.25, -0.2) is 13.5 Å². The Morgan fingerprint density at radius 3 is 2.67 bits per heavy atom. The highest BCUT2D eigenvalue weighted by Gasteiger charge is 2.50. The topological polar surface area (TPSA) is 118 Å². The monoisotopic (exact) mass is 607 g/mol. The van der Waals surface area contributed by atoms with Crippen molar-refractivity contribution in [3.05, 3.63) is 39.7 Å². The van der Waals surface area contributed by atoms with Crippen molar-refractivity contribution in [1.29, 1.82) is 0 Å². The summed E-state index contributed by atoms with van der Waals surface area (Å²) >= 11 is 6.66. The Labute approximate surface area is 247 Å². The lowest BCUT2D eigenvalue weighted by Gasteiger charge is -2.45. The number of alkyl halides is 2. The molecule has 1 saturated carbocycles. The normalized spacial score (nSPS) is 26.1. The fourth-order valence-corrected chi connectivity index (χ4v) is 7.07. The molecule has 1 aromatic heterocycles. The van der Waals surface area contributed by atoms with Gasteiger partial charge in [-0.1, -0.05) is 29.7 Å². The van der Waals surface area contributed by atoms with Crippen molar-refractivity contribution in [3.8, 4) is 5.75 Å². The first-order chi connectivity index (χ1) is 19.9. The highest BCUT2D eigenvalue weighted by atomic mass is 35.5. The number of rotatable bonds is 8. The molecule has 13 heteroatoms. The van der Waals surface area contributed by atoms with Crippen LogP contribution in [0.3, 0.4) is 0 Å². The second-order valence-corrected chi connectivity index (χ2v) is 12.2. The summed E-state index contributed by atoms with van der Waals surface area (Å²) < 4.78 is 34.5. The number of amides is 2. The molecule has 0 spiro atoms. The van der Waals surface area contributed by atoms with E-state index in [1.165, 1.54) is 7.05 Å². The van der Waals surface area contributed by atoms with E-state index in [4.69, 9.17) is 16.3 Å². The Bertz CT molecular complexity index is 1390. The van der Waals surface area contributed by atoms with Crippen molar-refractivity contribution in [2.24, 2.45) is 18.4 Å². The molecule has 5 rings (SSSR count). The number of fused-ring (bicyclic) bond motifs is 1. The Morgan fingerprint density at radius 2 is 2.00 bits per heavy atom. The molecule has 2 unspecified atom stereocenters. The number of hydrogen-bond acceptors (Lipinski definition) is 6. The second kappa shape index (κ2) is 11.8. The van der Waals surface area contributed by atoms with Gasteiger partial charge in [0.25, 0.3) is 6.43 Å². The summed E-state index contributed by atoms with van der Waals surface area (Å²) in [6.45, 7) is 3.78. The van der Waals surface area contributed by atoms with Crippen molar-refractivity contribution in [2.75, 3.05) is 13.1 Å². The van der Waals surface area contributed by atoms with Gasteiger partial charge >= 0.3 is 5.97 Å². The summed E-state index contributed by atoms with van der Waals surface area (Å²) in [5.74, 6) is -1.68. The van der Waals surface area contributed by atoms with Gasteiger partial charge in [0.05, 0.1) is 17.4 Å². The maximum Gasteiger partial charge on any atom is 0.310 e. The average Bonchev–Trinajstić information content (AvgIpc) is 3.49. The number of carboxylic acids is 1. The van der Waals surface area contributed by atoms with E-state index in [0.717, 1.165) is 23.1 Å². The molecule has 0 bridgehead atoms. The summed E-state index contributed by atoms with van der Waals surface area (Å²) in [6.07, 6.45) is 1.02. The van der Waals surface area contributed by atoms with Crippen LogP contribution < -0.4 is 4.74 Å². The van der Waals surface area contributed by atoms with Crippen molar-refractivity contribution < 1.29 is 33.0 Å². The molecule has 3 heterocycles. The van der Waals surface area contributed by atoms with Gasteiger partial charge in [-0.2, -0.15) is 0 Å². The van der Waals surface area contributed by atoms with E-state index in [9.17, 15) is 28.3 Å². The van der Waals surface area contributed by atoms with E-state index in [1.807, 2.05) is 6.92 Å².